The highest BCUT2D eigenvalue weighted by molar-refractivity contribution is 7.17. The van der Waals surface area contributed by atoms with Crippen molar-refractivity contribution < 1.29 is 14.0 Å². The van der Waals surface area contributed by atoms with Crippen molar-refractivity contribution in [1.29, 1.82) is 0 Å². The number of carbonyl (C=O) groups excluding carboxylic acids is 2. The summed E-state index contributed by atoms with van der Waals surface area (Å²) in [7, 11) is 0. The van der Waals surface area contributed by atoms with Crippen LogP contribution in [0.1, 0.15) is 28.2 Å². The van der Waals surface area contributed by atoms with Crippen LogP contribution in [0.4, 0.5) is 4.39 Å². The minimum Gasteiger partial charge on any atom is -0.368 e. The number of primary amides is 1. The average Bonchev–Trinajstić information content (AvgIpc) is 3.14. The smallest absolute Gasteiger partial charge is 0.266 e. The number of benzene rings is 1. The zero-order chi connectivity index (χ0) is 16.6. The Kier molecular flexibility index (Phi) is 4.12. The first-order valence-corrected chi connectivity index (χ1v) is 8.12. The van der Waals surface area contributed by atoms with Gasteiger partial charge in [-0.25, -0.2) is 9.37 Å². The van der Waals surface area contributed by atoms with Crippen molar-refractivity contribution in [3.8, 4) is 10.6 Å². The van der Waals surface area contributed by atoms with Crippen LogP contribution in [0.3, 0.4) is 0 Å². The van der Waals surface area contributed by atoms with E-state index >= 15 is 0 Å². The lowest BCUT2D eigenvalue weighted by Gasteiger charge is -2.21. The Morgan fingerprint density at radius 1 is 1.35 bits per heavy atom. The van der Waals surface area contributed by atoms with Crippen LogP contribution < -0.4 is 5.73 Å². The first-order chi connectivity index (χ1) is 11.0. The van der Waals surface area contributed by atoms with E-state index in [0.717, 1.165) is 12.0 Å². The molecule has 5 nitrogen and oxygen atoms in total. The number of aryl methyl sites for hydroxylation is 1. The number of thiazole rings is 1. The quantitative estimate of drug-likeness (QED) is 0.937. The minimum absolute atomic E-state index is 0.213. The molecule has 1 atom stereocenters. The highest BCUT2D eigenvalue weighted by Gasteiger charge is 2.34. The summed E-state index contributed by atoms with van der Waals surface area (Å²) >= 11 is 1.25. The molecule has 1 fully saturated rings. The van der Waals surface area contributed by atoms with Gasteiger partial charge in [0.1, 0.15) is 21.7 Å². The van der Waals surface area contributed by atoms with E-state index in [1.807, 2.05) is 0 Å². The Morgan fingerprint density at radius 3 is 2.70 bits per heavy atom. The first kappa shape index (κ1) is 15.6. The number of likely N-dealkylation sites (tertiary alicyclic amines) is 1. The third kappa shape index (κ3) is 2.96. The number of hydrogen-bond acceptors (Lipinski definition) is 4. The molecule has 1 saturated heterocycles. The fourth-order valence-corrected chi connectivity index (χ4v) is 3.77. The second-order valence-electron chi connectivity index (χ2n) is 5.50. The molecular formula is C16H16FN3O2S. The molecule has 2 heterocycles. The molecule has 0 saturated carbocycles. The van der Waals surface area contributed by atoms with Crippen LogP contribution in [-0.4, -0.2) is 34.3 Å². The lowest BCUT2D eigenvalue weighted by Crippen LogP contribution is -2.43. The number of halogens is 1. The number of hydrogen-bond donors (Lipinski definition) is 1. The highest BCUT2D eigenvalue weighted by Crippen LogP contribution is 2.30. The molecule has 2 N–H and O–H groups in total. The summed E-state index contributed by atoms with van der Waals surface area (Å²) in [6.45, 7) is 2.28. The van der Waals surface area contributed by atoms with Crippen LogP contribution >= 0.6 is 11.3 Å². The number of carbonyl (C=O) groups is 2. The molecule has 0 bridgehead atoms. The fraction of sp³-hybridized carbons (Fsp3) is 0.312. The fourth-order valence-electron chi connectivity index (χ4n) is 2.75. The monoisotopic (exact) mass is 333 g/mol. The lowest BCUT2D eigenvalue weighted by molar-refractivity contribution is -0.121. The molecule has 7 heteroatoms. The Bertz CT molecular complexity index is 757. The molecule has 3 rings (SSSR count). The topological polar surface area (TPSA) is 76.3 Å². The van der Waals surface area contributed by atoms with E-state index in [2.05, 4.69) is 4.98 Å². The van der Waals surface area contributed by atoms with E-state index in [4.69, 9.17) is 5.73 Å². The molecule has 1 aromatic heterocycles. The predicted molar refractivity (Wildman–Crippen MR) is 85.5 cm³/mol. The van der Waals surface area contributed by atoms with Crippen LogP contribution in [0.25, 0.3) is 10.6 Å². The Balaban J connectivity index is 1.90. The van der Waals surface area contributed by atoms with Crippen molar-refractivity contribution in [2.24, 2.45) is 5.73 Å². The van der Waals surface area contributed by atoms with Gasteiger partial charge in [0.2, 0.25) is 5.91 Å². The molecule has 23 heavy (non-hydrogen) atoms. The standard InChI is InChI=1S/C16H16FN3O2S/c1-9-13(16(22)20-8-2-3-12(20)14(18)21)23-15(19-9)10-4-6-11(17)7-5-10/h4-7,12H,2-3,8H2,1H3,(H2,18,21)/t12-/m1/s1. The van der Waals surface area contributed by atoms with Gasteiger partial charge in [-0.2, -0.15) is 0 Å². The first-order valence-electron chi connectivity index (χ1n) is 7.31. The van der Waals surface area contributed by atoms with E-state index in [9.17, 15) is 14.0 Å². The van der Waals surface area contributed by atoms with Gasteiger partial charge >= 0.3 is 0 Å². The van der Waals surface area contributed by atoms with Gasteiger partial charge in [-0.05, 0) is 44.0 Å². The van der Waals surface area contributed by atoms with Gasteiger partial charge in [0, 0.05) is 12.1 Å². The molecule has 120 valence electrons. The van der Waals surface area contributed by atoms with Crippen molar-refractivity contribution in [1.82, 2.24) is 9.88 Å². The van der Waals surface area contributed by atoms with Gasteiger partial charge < -0.3 is 10.6 Å². The maximum atomic E-state index is 13.0. The van der Waals surface area contributed by atoms with E-state index < -0.39 is 11.9 Å². The molecule has 1 aromatic carbocycles. The second kappa shape index (κ2) is 6.08. The van der Waals surface area contributed by atoms with Gasteiger partial charge in [0.05, 0.1) is 5.69 Å². The van der Waals surface area contributed by atoms with Crippen LogP contribution in [0, 0.1) is 12.7 Å². The summed E-state index contributed by atoms with van der Waals surface area (Å²) in [6.07, 6.45) is 1.37. The van der Waals surface area contributed by atoms with Crippen molar-refractivity contribution in [3.05, 3.63) is 40.7 Å². The Labute approximate surface area is 136 Å². The Morgan fingerprint density at radius 2 is 2.04 bits per heavy atom. The van der Waals surface area contributed by atoms with Crippen molar-refractivity contribution in [3.63, 3.8) is 0 Å². The molecule has 0 radical (unpaired) electrons. The number of rotatable bonds is 3. The molecular weight excluding hydrogens is 317 g/mol. The average molecular weight is 333 g/mol. The summed E-state index contributed by atoms with van der Waals surface area (Å²) in [5.41, 5.74) is 6.73. The third-order valence-corrected chi connectivity index (χ3v) is 5.12. The largest absolute Gasteiger partial charge is 0.368 e. The predicted octanol–water partition coefficient (Wildman–Crippen LogP) is 2.35. The number of amides is 2. The minimum atomic E-state index is -0.543. The summed E-state index contributed by atoms with van der Waals surface area (Å²) < 4.78 is 13.0. The van der Waals surface area contributed by atoms with Crippen LogP contribution in [0.2, 0.25) is 0 Å². The summed E-state index contributed by atoms with van der Waals surface area (Å²) in [4.78, 5) is 30.6. The number of nitrogens with zero attached hydrogens (tertiary/aromatic N) is 2. The lowest BCUT2D eigenvalue weighted by atomic mass is 10.2. The normalized spacial score (nSPS) is 17.5. The zero-order valence-electron chi connectivity index (χ0n) is 12.6. The van der Waals surface area contributed by atoms with Crippen molar-refractivity contribution >= 4 is 23.2 Å². The second-order valence-corrected chi connectivity index (χ2v) is 6.50. The van der Waals surface area contributed by atoms with E-state index in [-0.39, 0.29) is 11.7 Å². The molecule has 2 aromatic rings. The Hall–Kier alpha value is -2.28. The molecule has 0 aliphatic carbocycles. The molecule has 1 aliphatic rings. The zero-order valence-corrected chi connectivity index (χ0v) is 13.4. The van der Waals surface area contributed by atoms with E-state index in [1.54, 1.807) is 19.1 Å². The van der Waals surface area contributed by atoms with Crippen LogP contribution in [0.5, 0.6) is 0 Å². The van der Waals surface area contributed by atoms with E-state index in [1.165, 1.54) is 28.4 Å². The van der Waals surface area contributed by atoms with Crippen LogP contribution in [0.15, 0.2) is 24.3 Å². The maximum absolute atomic E-state index is 13.0. The van der Waals surface area contributed by atoms with Gasteiger partial charge in [-0.15, -0.1) is 11.3 Å². The van der Waals surface area contributed by atoms with Crippen LogP contribution in [-0.2, 0) is 4.79 Å². The van der Waals surface area contributed by atoms with Gasteiger partial charge in [0.15, 0.2) is 0 Å². The summed E-state index contributed by atoms with van der Waals surface area (Å²) in [5.74, 6) is -1.01. The van der Waals surface area contributed by atoms with E-state index in [0.29, 0.717) is 28.5 Å². The van der Waals surface area contributed by atoms with Gasteiger partial charge in [-0.3, -0.25) is 9.59 Å². The molecule has 0 spiro atoms. The highest BCUT2D eigenvalue weighted by atomic mass is 32.1. The molecule has 1 aliphatic heterocycles. The molecule has 0 unspecified atom stereocenters. The van der Waals surface area contributed by atoms with Gasteiger partial charge in [-0.1, -0.05) is 0 Å². The summed E-state index contributed by atoms with van der Waals surface area (Å²) in [5, 5.41) is 0.653. The van der Waals surface area contributed by atoms with Crippen molar-refractivity contribution in [2.75, 3.05) is 6.54 Å². The number of aromatic nitrogens is 1. The van der Waals surface area contributed by atoms with Crippen molar-refractivity contribution in [2.45, 2.75) is 25.8 Å². The van der Waals surface area contributed by atoms with Gasteiger partial charge in [0.25, 0.3) is 5.91 Å². The SMILES string of the molecule is Cc1nc(-c2ccc(F)cc2)sc1C(=O)N1CCC[C@@H]1C(N)=O. The maximum Gasteiger partial charge on any atom is 0.266 e. The third-order valence-electron chi connectivity index (χ3n) is 3.92. The molecule has 2 amide bonds. The summed E-state index contributed by atoms with van der Waals surface area (Å²) in [6, 6.07) is 5.43. The number of nitrogens with two attached hydrogens (primary N) is 1.